The molecule has 2 heterocycles. The van der Waals surface area contributed by atoms with E-state index in [9.17, 15) is 13.2 Å². The van der Waals surface area contributed by atoms with Gasteiger partial charge in [-0.3, -0.25) is 9.69 Å². The van der Waals surface area contributed by atoms with Gasteiger partial charge in [0.25, 0.3) is 0 Å². The van der Waals surface area contributed by atoms with Gasteiger partial charge < -0.3 is 9.42 Å². The molecule has 10 heteroatoms. The van der Waals surface area contributed by atoms with Crippen LogP contribution in [0.1, 0.15) is 58.3 Å². The van der Waals surface area contributed by atoms with Crippen LogP contribution in [0.3, 0.4) is 0 Å². The van der Waals surface area contributed by atoms with Crippen molar-refractivity contribution in [1.82, 2.24) is 24.2 Å². The highest BCUT2D eigenvalue weighted by atomic mass is 32.2. The number of aromatic nitrogens is 2. The number of aryl methyl sites for hydroxylation is 1. The van der Waals surface area contributed by atoms with Crippen LogP contribution in [0.25, 0.3) is 0 Å². The molecule has 0 unspecified atom stereocenters. The summed E-state index contributed by atoms with van der Waals surface area (Å²) in [7, 11) is -3.52. The summed E-state index contributed by atoms with van der Waals surface area (Å²) in [5.41, 5.74) is 1.08. The largest absolute Gasteiger partial charge is 0.343 e. The monoisotopic (exact) mass is 491 g/mol. The molecule has 1 aromatic heterocycles. The first-order valence-corrected chi connectivity index (χ1v) is 13.4. The Labute approximate surface area is 203 Å². The second-order valence-corrected chi connectivity index (χ2v) is 11.6. The molecule has 1 aromatic carbocycles. The molecule has 1 fully saturated rings. The highest BCUT2D eigenvalue weighted by molar-refractivity contribution is 7.89. The van der Waals surface area contributed by atoms with Crippen LogP contribution in [-0.2, 0) is 33.2 Å². The molecule has 188 valence electrons. The molecule has 0 saturated carbocycles. The minimum Gasteiger partial charge on any atom is -0.343 e. The van der Waals surface area contributed by atoms with Crippen LogP contribution < -0.4 is 0 Å². The van der Waals surface area contributed by atoms with Crippen LogP contribution in [0.5, 0.6) is 0 Å². The van der Waals surface area contributed by atoms with Gasteiger partial charge in [0.1, 0.15) is 0 Å². The normalized spacial score (nSPS) is 16.0. The molecule has 3 rings (SSSR count). The lowest BCUT2D eigenvalue weighted by Crippen LogP contribution is -2.48. The molecular formula is C24H37N5O4S. The second kappa shape index (κ2) is 11.0. The number of rotatable bonds is 9. The van der Waals surface area contributed by atoms with Gasteiger partial charge in [-0.15, -0.1) is 0 Å². The maximum atomic E-state index is 13.1. The van der Waals surface area contributed by atoms with Crippen LogP contribution in [0.15, 0.2) is 33.7 Å². The summed E-state index contributed by atoms with van der Waals surface area (Å²) in [6.45, 7) is 14.1. The van der Waals surface area contributed by atoms with Gasteiger partial charge in [0.15, 0.2) is 5.82 Å². The van der Waals surface area contributed by atoms with Crippen molar-refractivity contribution in [3.8, 4) is 0 Å². The quantitative estimate of drug-likeness (QED) is 0.532. The van der Waals surface area contributed by atoms with E-state index in [4.69, 9.17) is 4.52 Å². The maximum absolute atomic E-state index is 13.1. The molecular weight excluding hydrogens is 454 g/mol. The molecule has 9 nitrogen and oxygen atoms in total. The molecule has 1 saturated heterocycles. The van der Waals surface area contributed by atoms with E-state index < -0.39 is 10.0 Å². The lowest BCUT2D eigenvalue weighted by molar-refractivity contribution is -0.130. The van der Waals surface area contributed by atoms with Gasteiger partial charge in [-0.05, 0) is 37.0 Å². The van der Waals surface area contributed by atoms with E-state index in [2.05, 4.69) is 35.8 Å². The van der Waals surface area contributed by atoms with Crippen LogP contribution in [-0.4, -0.2) is 77.8 Å². The van der Waals surface area contributed by atoms with E-state index in [0.29, 0.717) is 75.3 Å². The summed E-state index contributed by atoms with van der Waals surface area (Å²) in [5, 5.41) is 4.03. The predicted octanol–water partition coefficient (Wildman–Crippen LogP) is 2.67. The third kappa shape index (κ3) is 6.43. The SMILES string of the molecule is CCN(CC)C(=O)CCc1nc(CN2CCN(S(=O)(=O)c3ccc(C(C)(C)C)cc3)CC2)no1. The summed E-state index contributed by atoms with van der Waals surface area (Å²) in [6.07, 6.45) is 0.763. The Morgan fingerprint density at radius 1 is 1.06 bits per heavy atom. The van der Waals surface area contributed by atoms with Gasteiger partial charge in [0.05, 0.1) is 11.4 Å². The molecule has 0 aliphatic carbocycles. The molecule has 0 N–H and O–H groups in total. The number of piperazine rings is 1. The summed E-state index contributed by atoms with van der Waals surface area (Å²) in [4.78, 5) is 20.8. The fourth-order valence-electron chi connectivity index (χ4n) is 4.01. The summed E-state index contributed by atoms with van der Waals surface area (Å²) in [6, 6.07) is 7.20. The Balaban J connectivity index is 1.51. The van der Waals surface area contributed by atoms with E-state index in [1.54, 1.807) is 17.0 Å². The number of hydrogen-bond donors (Lipinski definition) is 0. The molecule has 0 radical (unpaired) electrons. The Hall–Kier alpha value is -2.30. The van der Waals surface area contributed by atoms with Crippen LogP contribution in [0.4, 0.5) is 0 Å². The van der Waals surface area contributed by atoms with Gasteiger partial charge in [-0.2, -0.15) is 9.29 Å². The van der Waals surface area contributed by atoms with Crippen molar-refractivity contribution in [2.45, 2.75) is 64.3 Å². The lowest BCUT2D eigenvalue weighted by atomic mass is 9.87. The van der Waals surface area contributed by atoms with E-state index in [-0.39, 0.29) is 11.3 Å². The first kappa shape index (κ1) is 26.3. The van der Waals surface area contributed by atoms with Crippen molar-refractivity contribution < 1.29 is 17.7 Å². The van der Waals surface area contributed by atoms with Crippen molar-refractivity contribution in [2.24, 2.45) is 0 Å². The van der Waals surface area contributed by atoms with Crippen molar-refractivity contribution in [1.29, 1.82) is 0 Å². The number of carbonyl (C=O) groups excluding carboxylic acids is 1. The number of carbonyl (C=O) groups is 1. The van der Waals surface area contributed by atoms with Crippen molar-refractivity contribution in [3.63, 3.8) is 0 Å². The Morgan fingerprint density at radius 3 is 2.24 bits per heavy atom. The molecule has 0 bridgehead atoms. The fourth-order valence-corrected chi connectivity index (χ4v) is 5.43. The van der Waals surface area contributed by atoms with E-state index in [0.717, 1.165) is 5.56 Å². The number of benzene rings is 1. The minimum absolute atomic E-state index is 0.0240. The zero-order valence-electron chi connectivity index (χ0n) is 21.0. The average Bonchev–Trinajstić information content (AvgIpc) is 3.25. The summed E-state index contributed by atoms with van der Waals surface area (Å²) in [5.74, 6) is 1.09. The Bertz CT molecular complexity index is 1050. The number of sulfonamides is 1. The predicted molar refractivity (Wildman–Crippen MR) is 130 cm³/mol. The highest BCUT2D eigenvalue weighted by Gasteiger charge is 2.29. The van der Waals surface area contributed by atoms with Gasteiger partial charge >= 0.3 is 0 Å². The van der Waals surface area contributed by atoms with E-state index in [1.165, 1.54) is 4.31 Å². The maximum Gasteiger partial charge on any atom is 0.243 e. The standard InChI is InChI=1S/C24H37N5O4S/c1-6-28(7-2)23(30)13-12-22-25-21(26-33-22)18-27-14-16-29(17-15-27)34(31,32)20-10-8-19(9-11-20)24(3,4)5/h8-11H,6-7,12-18H2,1-5H3. The highest BCUT2D eigenvalue weighted by Crippen LogP contribution is 2.25. The smallest absolute Gasteiger partial charge is 0.243 e. The Kier molecular flexibility index (Phi) is 8.48. The molecule has 34 heavy (non-hydrogen) atoms. The van der Waals surface area contributed by atoms with Gasteiger partial charge in [0, 0.05) is 52.1 Å². The first-order chi connectivity index (χ1) is 16.0. The zero-order chi connectivity index (χ0) is 24.9. The Morgan fingerprint density at radius 2 is 1.68 bits per heavy atom. The first-order valence-electron chi connectivity index (χ1n) is 12.0. The summed E-state index contributed by atoms with van der Waals surface area (Å²) < 4.78 is 33.0. The minimum atomic E-state index is -3.52. The van der Waals surface area contributed by atoms with Gasteiger partial charge in [0.2, 0.25) is 21.8 Å². The van der Waals surface area contributed by atoms with Crippen LogP contribution in [0.2, 0.25) is 0 Å². The fraction of sp³-hybridized carbons (Fsp3) is 0.625. The lowest BCUT2D eigenvalue weighted by Gasteiger charge is -2.33. The number of nitrogens with zero attached hydrogens (tertiary/aromatic N) is 5. The summed E-state index contributed by atoms with van der Waals surface area (Å²) >= 11 is 0. The molecule has 1 amide bonds. The van der Waals surface area contributed by atoms with Crippen molar-refractivity contribution in [3.05, 3.63) is 41.5 Å². The third-order valence-electron chi connectivity index (χ3n) is 6.23. The molecule has 1 aliphatic heterocycles. The van der Waals surface area contributed by atoms with E-state index >= 15 is 0 Å². The van der Waals surface area contributed by atoms with Crippen molar-refractivity contribution >= 4 is 15.9 Å². The molecule has 1 aliphatic rings. The third-order valence-corrected chi connectivity index (χ3v) is 8.15. The van der Waals surface area contributed by atoms with Gasteiger partial charge in [-0.1, -0.05) is 38.1 Å². The van der Waals surface area contributed by atoms with E-state index in [1.807, 2.05) is 26.0 Å². The van der Waals surface area contributed by atoms with Crippen molar-refractivity contribution in [2.75, 3.05) is 39.3 Å². The number of hydrogen-bond acceptors (Lipinski definition) is 7. The average molecular weight is 492 g/mol. The molecule has 2 aromatic rings. The molecule has 0 atom stereocenters. The topological polar surface area (TPSA) is 99.9 Å². The number of amides is 1. The molecule has 0 spiro atoms. The van der Waals surface area contributed by atoms with Gasteiger partial charge in [-0.25, -0.2) is 8.42 Å². The second-order valence-electron chi connectivity index (χ2n) is 9.62. The van der Waals surface area contributed by atoms with Crippen LogP contribution >= 0.6 is 0 Å². The van der Waals surface area contributed by atoms with Crippen LogP contribution in [0, 0.1) is 0 Å². The zero-order valence-corrected chi connectivity index (χ0v) is 21.8.